The van der Waals surface area contributed by atoms with Crippen molar-refractivity contribution in [3.63, 3.8) is 0 Å². The maximum Gasteiger partial charge on any atom is 0.220 e. The highest BCUT2D eigenvalue weighted by molar-refractivity contribution is 5.76. The third-order valence-electron chi connectivity index (χ3n) is 3.27. The van der Waals surface area contributed by atoms with Crippen LogP contribution in [0.5, 0.6) is 0 Å². The average Bonchev–Trinajstić information content (AvgIpc) is 3.07. The van der Waals surface area contributed by atoms with Crippen LogP contribution in [0.3, 0.4) is 0 Å². The molecule has 2 aromatic rings. The fourth-order valence-corrected chi connectivity index (χ4v) is 2.11. The SMILES string of the molecule is CC(C)[C@@H](NC(=O)CCCn1cncn1)c1ncnn1C. The molecule has 21 heavy (non-hydrogen) atoms. The van der Waals surface area contributed by atoms with Gasteiger partial charge in [0.05, 0.1) is 6.04 Å². The quantitative estimate of drug-likeness (QED) is 0.811. The molecule has 8 heteroatoms. The number of nitrogens with one attached hydrogen (secondary N) is 1. The minimum atomic E-state index is -0.128. The Morgan fingerprint density at radius 1 is 1.33 bits per heavy atom. The number of nitrogens with zero attached hydrogens (tertiary/aromatic N) is 6. The van der Waals surface area contributed by atoms with Crippen LogP contribution in [0.1, 0.15) is 38.6 Å². The number of carbonyl (C=O) groups excluding carboxylic acids is 1. The smallest absolute Gasteiger partial charge is 0.220 e. The highest BCUT2D eigenvalue weighted by atomic mass is 16.1. The van der Waals surface area contributed by atoms with Gasteiger partial charge < -0.3 is 5.32 Å². The van der Waals surface area contributed by atoms with Gasteiger partial charge in [-0.3, -0.25) is 14.2 Å². The molecule has 2 heterocycles. The predicted molar refractivity (Wildman–Crippen MR) is 76.0 cm³/mol. The molecule has 0 saturated heterocycles. The van der Waals surface area contributed by atoms with Crippen LogP contribution < -0.4 is 5.32 Å². The number of hydrogen-bond donors (Lipinski definition) is 1. The van der Waals surface area contributed by atoms with E-state index in [2.05, 4.69) is 39.3 Å². The van der Waals surface area contributed by atoms with E-state index in [4.69, 9.17) is 0 Å². The van der Waals surface area contributed by atoms with Gasteiger partial charge in [-0.05, 0) is 12.3 Å². The van der Waals surface area contributed by atoms with Gasteiger partial charge in [-0.1, -0.05) is 13.8 Å². The molecule has 2 aromatic heterocycles. The van der Waals surface area contributed by atoms with Gasteiger partial charge in [-0.25, -0.2) is 9.97 Å². The molecule has 2 rings (SSSR count). The molecule has 1 amide bonds. The normalized spacial score (nSPS) is 12.6. The number of aromatic nitrogens is 6. The van der Waals surface area contributed by atoms with Crippen LogP contribution in [0, 0.1) is 5.92 Å². The summed E-state index contributed by atoms with van der Waals surface area (Å²) in [6.45, 7) is 4.79. The lowest BCUT2D eigenvalue weighted by Crippen LogP contribution is -2.33. The van der Waals surface area contributed by atoms with Crippen molar-refractivity contribution in [3.05, 3.63) is 24.8 Å². The molecule has 0 unspecified atom stereocenters. The summed E-state index contributed by atoms with van der Waals surface area (Å²) in [5, 5.41) is 11.1. The van der Waals surface area contributed by atoms with Gasteiger partial charge in [0.1, 0.15) is 24.8 Å². The Hall–Kier alpha value is -2.25. The van der Waals surface area contributed by atoms with Gasteiger partial charge in [0.15, 0.2) is 0 Å². The second-order valence-electron chi connectivity index (χ2n) is 5.29. The highest BCUT2D eigenvalue weighted by Crippen LogP contribution is 2.19. The van der Waals surface area contributed by atoms with E-state index in [1.54, 1.807) is 15.7 Å². The van der Waals surface area contributed by atoms with Crippen LogP contribution in [-0.2, 0) is 18.4 Å². The standard InChI is InChI=1S/C13H21N7O/c1-10(2)12(13-15-8-16-19(13)3)18-11(21)5-4-6-20-9-14-7-17-20/h7-10,12H,4-6H2,1-3H3,(H,18,21)/t12-/m1/s1. The van der Waals surface area contributed by atoms with Crippen LogP contribution in [0.15, 0.2) is 19.0 Å². The summed E-state index contributed by atoms with van der Waals surface area (Å²) in [7, 11) is 1.83. The third kappa shape index (κ3) is 4.11. The van der Waals surface area contributed by atoms with E-state index in [1.807, 2.05) is 7.05 Å². The molecular formula is C13H21N7O. The van der Waals surface area contributed by atoms with E-state index in [1.165, 1.54) is 12.7 Å². The van der Waals surface area contributed by atoms with Crippen molar-refractivity contribution in [2.24, 2.45) is 13.0 Å². The molecule has 0 radical (unpaired) electrons. The predicted octanol–water partition coefficient (Wildman–Crippen LogP) is 0.700. The van der Waals surface area contributed by atoms with Crippen molar-refractivity contribution in [1.29, 1.82) is 0 Å². The minimum Gasteiger partial charge on any atom is -0.346 e. The minimum absolute atomic E-state index is 0.0109. The highest BCUT2D eigenvalue weighted by Gasteiger charge is 2.22. The molecule has 8 nitrogen and oxygen atoms in total. The Labute approximate surface area is 123 Å². The fourth-order valence-electron chi connectivity index (χ4n) is 2.11. The Kier molecular flexibility index (Phi) is 5.02. The summed E-state index contributed by atoms with van der Waals surface area (Å²) in [6, 6.07) is -0.128. The molecule has 0 aliphatic carbocycles. The van der Waals surface area contributed by atoms with Gasteiger partial charge in [0.25, 0.3) is 0 Å². The summed E-state index contributed by atoms with van der Waals surface area (Å²) in [6.07, 6.45) is 5.80. The van der Waals surface area contributed by atoms with Gasteiger partial charge in [-0.2, -0.15) is 10.2 Å². The molecule has 0 saturated carbocycles. The van der Waals surface area contributed by atoms with Crippen molar-refractivity contribution in [2.75, 3.05) is 0 Å². The van der Waals surface area contributed by atoms with Crippen LogP contribution in [0.25, 0.3) is 0 Å². The number of rotatable bonds is 7. The first-order valence-corrected chi connectivity index (χ1v) is 7.03. The molecule has 0 spiro atoms. The van der Waals surface area contributed by atoms with E-state index in [0.29, 0.717) is 13.0 Å². The number of aryl methyl sites for hydroxylation is 2. The lowest BCUT2D eigenvalue weighted by Gasteiger charge is -2.21. The largest absolute Gasteiger partial charge is 0.346 e. The summed E-state index contributed by atoms with van der Waals surface area (Å²) in [5.41, 5.74) is 0. The maximum atomic E-state index is 12.1. The molecule has 0 bridgehead atoms. The Morgan fingerprint density at radius 2 is 2.14 bits per heavy atom. The van der Waals surface area contributed by atoms with Gasteiger partial charge in [0.2, 0.25) is 5.91 Å². The fraction of sp³-hybridized carbons (Fsp3) is 0.615. The zero-order chi connectivity index (χ0) is 15.2. The molecule has 0 aliphatic heterocycles. The zero-order valence-corrected chi connectivity index (χ0v) is 12.6. The van der Waals surface area contributed by atoms with E-state index in [-0.39, 0.29) is 17.9 Å². The molecule has 114 valence electrons. The monoisotopic (exact) mass is 291 g/mol. The Balaban J connectivity index is 1.85. The first-order chi connectivity index (χ1) is 10.1. The summed E-state index contributed by atoms with van der Waals surface area (Å²) < 4.78 is 3.41. The Bertz CT molecular complexity index is 561. The topological polar surface area (TPSA) is 90.5 Å². The van der Waals surface area contributed by atoms with Crippen molar-refractivity contribution in [2.45, 2.75) is 39.3 Å². The van der Waals surface area contributed by atoms with Gasteiger partial charge >= 0.3 is 0 Å². The third-order valence-corrected chi connectivity index (χ3v) is 3.27. The molecular weight excluding hydrogens is 270 g/mol. The summed E-state index contributed by atoms with van der Waals surface area (Å²) in [4.78, 5) is 20.2. The zero-order valence-electron chi connectivity index (χ0n) is 12.6. The van der Waals surface area contributed by atoms with Gasteiger partial charge in [-0.15, -0.1) is 0 Å². The molecule has 0 aromatic carbocycles. The lowest BCUT2D eigenvalue weighted by molar-refractivity contribution is -0.122. The van der Waals surface area contributed by atoms with E-state index < -0.39 is 0 Å². The second-order valence-corrected chi connectivity index (χ2v) is 5.29. The van der Waals surface area contributed by atoms with Gasteiger partial charge in [0, 0.05) is 20.0 Å². The van der Waals surface area contributed by atoms with Crippen LogP contribution >= 0.6 is 0 Å². The van der Waals surface area contributed by atoms with E-state index in [9.17, 15) is 4.79 Å². The van der Waals surface area contributed by atoms with Crippen molar-refractivity contribution >= 4 is 5.91 Å². The van der Waals surface area contributed by atoms with Crippen LogP contribution in [-0.4, -0.2) is 35.4 Å². The van der Waals surface area contributed by atoms with Crippen LogP contribution in [0.4, 0.5) is 0 Å². The van der Waals surface area contributed by atoms with Crippen molar-refractivity contribution in [3.8, 4) is 0 Å². The molecule has 1 N–H and O–H groups in total. The van der Waals surface area contributed by atoms with Crippen molar-refractivity contribution < 1.29 is 4.79 Å². The molecule has 0 aliphatic rings. The Morgan fingerprint density at radius 3 is 2.71 bits per heavy atom. The van der Waals surface area contributed by atoms with Crippen LogP contribution in [0.2, 0.25) is 0 Å². The number of amides is 1. The second kappa shape index (κ2) is 6.96. The maximum absolute atomic E-state index is 12.1. The lowest BCUT2D eigenvalue weighted by atomic mass is 10.0. The molecule has 0 fully saturated rings. The van der Waals surface area contributed by atoms with Crippen molar-refractivity contribution in [1.82, 2.24) is 34.8 Å². The van der Waals surface area contributed by atoms with E-state index >= 15 is 0 Å². The first kappa shape index (κ1) is 15.1. The summed E-state index contributed by atoms with van der Waals surface area (Å²) >= 11 is 0. The number of hydrogen-bond acceptors (Lipinski definition) is 5. The average molecular weight is 291 g/mol. The molecule has 1 atom stereocenters. The number of carbonyl (C=O) groups is 1. The van der Waals surface area contributed by atoms with E-state index in [0.717, 1.165) is 12.2 Å². The first-order valence-electron chi connectivity index (χ1n) is 7.03. The summed E-state index contributed by atoms with van der Waals surface area (Å²) in [5.74, 6) is 1.03.